The molecule has 3 amide bonds. The number of aliphatic hydroxyl groups is 1. The van der Waals surface area contributed by atoms with Crippen molar-refractivity contribution in [1.82, 2.24) is 9.21 Å². The lowest BCUT2D eigenvalue weighted by atomic mass is 10.0. The molecular formula is C35H40N4O6S. The van der Waals surface area contributed by atoms with E-state index in [1.165, 1.54) is 11.4 Å². The van der Waals surface area contributed by atoms with E-state index in [2.05, 4.69) is 10.6 Å². The summed E-state index contributed by atoms with van der Waals surface area (Å²) in [6.45, 7) is 5.62. The number of fused-ring (bicyclic) bond motifs is 2. The minimum Gasteiger partial charge on any atom is -0.488 e. The Morgan fingerprint density at radius 2 is 1.76 bits per heavy atom. The van der Waals surface area contributed by atoms with Crippen LogP contribution >= 0.6 is 0 Å². The van der Waals surface area contributed by atoms with Gasteiger partial charge in [-0.05, 0) is 55.6 Å². The van der Waals surface area contributed by atoms with Crippen LogP contribution < -0.4 is 15.4 Å². The van der Waals surface area contributed by atoms with Gasteiger partial charge in [-0.25, -0.2) is 13.2 Å². The number of anilines is 2. The van der Waals surface area contributed by atoms with Crippen molar-refractivity contribution in [3.05, 3.63) is 96.1 Å². The van der Waals surface area contributed by atoms with Gasteiger partial charge in [-0.15, -0.1) is 0 Å². The number of rotatable bonds is 8. The smallest absolute Gasteiger partial charge is 0.323 e. The first-order valence-corrected chi connectivity index (χ1v) is 16.7. The van der Waals surface area contributed by atoms with E-state index < -0.39 is 28.2 Å². The number of carbonyl (C=O) groups excluding carboxylic acids is 2. The minimum atomic E-state index is -3.81. The fourth-order valence-corrected chi connectivity index (χ4v) is 6.77. The molecular weight excluding hydrogens is 604 g/mol. The molecule has 1 aliphatic heterocycles. The van der Waals surface area contributed by atoms with Crippen molar-refractivity contribution in [2.45, 2.75) is 44.2 Å². The molecule has 11 heteroatoms. The topological polar surface area (TPSA) is 128 Å². The second-order valence-electron chi connectivity index (χ2n) is 11.9. The van der Waals surface area contributed by atoms with Crippen molar-refractivity contribution in [3.8, 4) is 5.75 Å². The lowest BCUT2D eigenvalue weighted by Gasteiger charge is -2.33. The third-order valence-corrected chi connectivity index (χ3v) is 10.2. The molecule has 0 aliphatic carbocycles. The zero-order chi connectivity index (χ0) is 33.0. The molecule has 0 saturated heterocycles. The minimum absolute atomic E-state index is 0.0276. The van der Waals surface area contributed by atoms with Crippen molar-refractivity contribution in [1.29, 1.82) is 0 Å². The summed E-state index contributed by atoms with van der Waals surface area (Å²) in [5.41, 5.74) is 2.60. The maximum absolute atomic E-state index is 13.6. The molecule has 0 spiro atoms. The number of amides is 3. The lowest BCUT2D eigenvalue weighted by Crippen LogP contribution is -2.48. The molecule has 0 unspecified atom stereocenters. The van der Waals surface area contributed by atoms with Crippen LogP contribution in [0, 0.1) is 12.8 Å². The number of carbonyl (C=O) groups is 2. The van der Waals surface area contributed by atoms with Crippen molar-refractivity contribution in [2.24, 2.45) is 5.92 Å². The summed E-state index contributed by atoms with van der Waals surface area (Å²) >= 11 is 0. The number of aryl methyl sites for hydroxylation is 1. The molecule has 0 bridgehead atoms. The number of nitrogens with zero attached hydrogens (tertiary/aromatic N) is 2. The van der Waals surface area contributed by atoms with Crippen LogP contribution in [-0.2, 0) is 21.2 Å². The number of hydrogen-bond donors (Lipinski definition) is 3. The summed E-state index contributed by atoms with van der Waals surface area (Å²) in [5.74, 6) is -0.0782. The molecule has 242 valence electrons. The molecule has 1 heterocycles. The summed E-state index contributed by atoms with van der Waals surface area (Å²) in [6.07, 6.45) is -0.659. The average Bonchev–Trinajstić information content (AvgIpc) is 3.08. The molecule has 4 aromatic carbocycles. The van der Waals surface area contributed by atoms with Gasteiger partial charge < -0.3 is 25.4 Å². The number of aliphatic hydroxyl groups excluding tert-OH is 1. The number of hydrogen-bond acceptors (Lipinski definition) is 6. The van der Waals surface area contributed by atoms with Crippen LogP contribution in [0.5, 0.6) is 5.75 Å². The monoisotopic (exact) mass is 644 g/mol. The van der Waals surface area contributed by atoms with Gasteiger partial charge in [0.05, 0.1) is 36.2 Å². The average molecular weight is 645 g/mol. The Kier molecular flexibility index (Phi) is 9.95. The summed E-state index contributed by atoms with van der Waals surface area (Å²) in [5, 5.41) is 17.6. The Bertz CT molecular complexity index is 1820. The van der Waals surface area contributed by atoms with E-state index in [9.17, 15) is 23.1 Å². The van der Waals surface area contributed by atoms with Gasteiger partial charge in [0.2, 0.25) is 15.9 Å². The molecule has 46 heavy (non-hydrogen) atoms. The van der Waals surface area contributed by atoms with Gasteiger partial charge in [0.25, 0.3) is 0 Å². The summed E-state index contributed by atoms with van der Waals surface area (Å²) in [6, 6.07) is 24.2. The largest absolute Gasteiger partial charge is 0.488 e. The van der Waals surface area contributed by atoms with E-state index in [1.54, 1.807) is 54.3 Å². The third-order valence-electron chi connectivity index (χ3n) is 8.38. The van der Waals surface area contributed by atoms with E-state index in [0.717, 1.165) is 16.3 Å². The van der Waals surface area contributed by atoms with E-state index in [-0.39, 0.29) is 42.8 Å². The Balaban J connectivity index is 1.41. The van der Waals surface area contributed by atoms with Crippen LogP contribution in [0.4, 0.5) is 16.2 Å². The summed E-state index contributed by atoms with van der Waals surface area (Å²) in [7, 11) is -2.30. The predicted molar refractivity (Wildman–Crippen MR) is 180 cm³/mol. The Morgan fingerprint density at radius 3 is 2.50 bits per heavy atom. The molecule has 10 nitrogen and oxygen atoms in total. The lowest BCUT2D eigenvalue weighted by molar-refractivity contribution is -0.134. The number of nitrogens with one attached hydrogen (secondary N) is 2. The van der Waals surface area contributed by atoms with Gasteiger partial charge in [0.15, 0.2) is 0 Å². The first-order valence-electron chi connectivity index (χ1n) is 15.2. The maximum atomic E-state index is 13.6. The quantitative estimate of drug-likeness (QED) is 0.240. The van der Waals surface area contributed by atoms with E-state index in [1.807, 2.05) is 56.3 Å². The molecule has 0 radical (unpaired) electrons. The van der Waals surface area contributed by atoms with Crippen LogP contribution in [0.3, 0.4) is 0 Å². The summed E-state index contributed by atoms with van der Waals surface area (Å²) in [4.78, 5) is 28.4. The third kappa shape index (κ3) is 7.33. The number of sulfonamides is 1. The highest BCUT2D eigenvalue weighted by molar-refractivity contribution is 7.89. The van der Waals surface area contributed by atoms with Gasteiger partial charge in [-0.2, -0.15) is 4.31 Å². The fraction of sp³-hybridized carbons (Fsp3) is 0.314. The highest BCUT2D eigenvalue weighted by Crippen LogP contribution is 2.30. The second-order valence-corrected chi connectivity index (χ2v) is 14.0. The zero-order valence-corrected chi connectivity index (χ0v) is 27.3. The van der Waals surface area contributed by atoms with Crippen molar-refractivity contribution >= 4 is 44.1 Å². The molecule has 3 N–H and O–H groups in total. The van der Waals surface area contributed by atoms with Crippen LogP contribution in [-0.4, -0.2) is 73.6 Å². The van der Waals surface area contributed by atoms with Crippen LogP contribution in [0.2, 0.25) is 0 Å². The van der Waals surface area contributed by atoms with E-state index in [4.69, 9.17) is 4.74 Å². The first-order chi connectivity index (χ1) is 22.0. The van der Waals surface area contributed by atoms with Gasteiger partial charge in [-0.3, -0.25) is 4.79 Å². The number of benzene rings is 4. The van der Waals surface area contributed by atoms with Crippen LogP contribution in [0.1, 0.15) is 25.0 Å². The molecule has 4 aromatic rings. The normalized spacial score (nSPS) is 17.8. The van der Waals surface area contributed by atoms with Crippen molar-refractivity contribution in [3.63, 3.8) is 0 Å². The van der Waals surface area contributed by atoms with E-state index >= 15 is 0 Å². The molecule has 0 aromatic heterocycles. The first kappa shape index (κ1) is 32.9. The Morgan fingerprint density at radius 1 is 1.04 bits per heavy atom. The molecule has 3 atom stereocenters. The molecule has 1 aliphatic rings. The number of likely N-dealkylation sites (N-methyl/N-ethyl adjacent to an activating group) is 1. The van der Waals surface area contributed by atoms with Crippen LogP contribution in [0.15, 0.2) is 89.8 Å². The number of urea groups is 1. The predicted octanol–water partition coefficient (Wildman–Crippen LogP) is 5.26. The van der Waals surface area contributed by atoms with Crippen molar-refractivity contribution < 1.29 is 27.9 Å². The zero-order valence-electron chi connectivity index (χ0n) is 26.4. The fourth-order valence-electron chi connectivity index (χ4n) is 5.59. The SMILES string of the molecule is Cc1ccc(S(=O)(=O)N(C)C[C@@H]2Oc3ccc(NC(=O)Nc4cccc5ccccc45)cc3CC(=O)N([C@@H](C)CO)C[C@H]2C)cc1. The standard InChI is InChI=1S/C35H40N4O6S/c1-23-12-15-29(16-13-23)46(43,44)38(4)21-33-24(2)20-39(25(3)22-40)34(41)19-27-18-28(14-17-32(27)45-33)36-35(42)37-31-11-7-9-26-8-5-6-10-30(26)31/h5-18,24-25,33,40H,19-22H2,1-4H3,(H2,36,37,42)/t24-,25+,33+/m1/s1. The molecule has 5 rings (SSSR count). The Labute approximate surface area is 270 Å². The van der Waals surface area contributed by atoms with Gasteiger partial charge in [0, 0.05) is 36.1 Å². The number of ether oxygens (including phenoxy) is 1. The van der Waals surface area contributed by atoms with E-state index in [0.29, 0.717) is 22.7 Å². The second kappa shape index (κ2) is 13.9. The summed E-state index contributed by atoms with van der Waals surface area (Å²) < 4.78 is 34.6. The van der Waals surface area contributed by atoms with Crippen molar-refractivity contribution in [2.75, 3.05) is 37.4 Å². The highest BCUT2D eigenvalue weighted by Gasteiger charge is 2.33. The van der Waals surface area contributed by atoms with Gasteiger partial charge in [-0.1, -0.05) is 61.0 Å². The van der Waals surface area contributed by atoms with Gasteiger partial charge in [0.1, 0.15) is 11.9 Å². The Hall–Kier alpha value is -4.45. The molecule has 0 fully saturated rings. The van der Waals surface area contributed by atoms with Gasteiger partial charge >= 0.3 is 6.03 Å². The maximum Gasteiger partial charge on any atom is 0.323 e. The molecule has 0 saturated carbocycles. The highest BCUT2D eigenvalue weighted by atomic mass is 32.2. The van der Waals surface area contributed by atoms with Crippen LogP contribution in [0.25, 0.3) is 10.8 Å².